The van der Waals surface area contributed by atoms with Crippen LogP contribution in [-0.2, 0) is 0 Å². The molecule has 0 saturated heterocycles. The molecule has 0 atom stereocenters. The van der Waals surface area contributed by atoms with Crippen molar-refractivity contribution in [3.8, 4) is 39.8 Å². The van der Waals surface area contributed by atoms with Crippen molar-refractivity contribution in [2.75, 3.05) is 0 Å². The van der Waals surface area contributed by atoms with Crippen molar-refractivity contribution < 1.29 is 0 Å². The van der Waals surface area contributed by atoms with Crippen LogP contribution in [0.4, 0.5) is 0 Å². The first-order valence-electron chi connectivity index (χ1n) is 19.3. The van der Waals surface area contributed by atoms with Crippen LogP contribution in [0.3, 0.4) is 0 Å². The number of fused-ring (bicyclic) bond motifs is 10. The molecule has 0 saturated carbocycles. The summed E-state index contributed by atoms with van der Waals surface area (Å²) in [6, 6.07) is 71.2. The summed E-state index contributed by atoms with van der Waals surface area (Å²) in [5.41, 5.74) is 12.0. The monoisotopic (exact) mass is 727 g/mol. The maximum atomic E-state index is 5.42. The molecule has 5 heteroatoms. The molecular weight excluding hydrogens is 695 g/mol. The van der Waals surface area contributed by atoms with Crippen LogP contribution < -0.4 is 0 Å². The summed E-state index contributed by atoms with van der Waals surface area (Å²) in [5, 5.41) is 7.18. The normalized spacial score (nSPS) is 11.9. The van der Waals surface area contributed by atoms with Gasteiger partial charge < -0.3 is 9.13 Å². The zero-order valence-corrected chi connectivity index (χ0v) is 30.8. The van der Waals surface area contributed by atoms with Crippen molar-refractivity contribution in [3.05, 3.63) is 200 Å². The lowest BCUT2D eigenvalue weighted by molar-refractivity contribution is 1.05. The summed E-state index contributed by atoms with van der Waals surface area (Å²) in [6.45, 7) is 0. The Bertz CT molecular complexity index is 3390. The lowest BCUT2D eigenvalue weighted by Gasteiger charge is -2.13. The van der Waals surface area contributed by atoms with E-state index in [-0.39, 0.29) is 0 Å². The Morgan fingerprint density at radius 2 is 0.842 bits per heavy atom. The Morgan fingerprint density at radius 3 is 1.53 bits per heavy atom. The van der Waals surface area contributed by atoms with E-state index in [4.69, 9.17) is 9.97 Å². The molecule has 12 rings (SSSR count). The van der Waals surface area contributed by atoms with E-state index in [2.05, 4.69) is 190 Å². The Morgan fingerprint density at radius 1 is 0.316 bits per heavy atom. The minimum absolute atomic E-state index is 0.683. The number of benzene rings is 8. The second kappa shape index (κ2) is 12.4. The molecule has 4 aromatic heterocycles. The van der Waals surface area contributed by atoms with E-state index >= 15 is 0 Å². The van der Waals surface area contributed by atoms with Crippen molar-refractivity contribution in [1.82, 2.24) is 23.7 Å². The summed E-state index contributed by atoms with van der Waals surface area (Å²) >= 11 is 0. The highest BCUT2D eigenvalue weighted by atomic mass is 15.1. The highest BCUT2D eigenvalue weighted by Gasteiger charge is 2.23. The summed E-state index contributed by atoms with van der Waals surface area (Å²) in [6.07, 6.45) is 0. The quantitative estimate of drug-likeness (QED) is 0.177. The molecule has 5 nitrogen and oxygen atoms in total. The average molecular weight is 728 g/mol. The molecule has 0 amide bonds. The number of para-hydroxylation sites is 4. The fourth-order valence-corrected chi connectivity index (χ4v) is 9.00. The van der Waals surface area contributed by atoms with Gasteiger partial charge in [0.1, 0.15) is 5.82 Å². The number of aromatic nitrogens is 5. The van der Waals surface area contributed by atoms with Crippen LogP contribution in [0.15, 0.2) is 200 Å². The molecule has 0 aliphatic carbocycles. The molecule has 0 fully saturated rings. The smallest absolute Gasteiger partial charge is 0.162 e. The minimum atomic E-state index is 0.683. The van der Waals surface area contributed by atoms with Gasteiger partial charge in [-0.25, -0.2) is 9.97 Å². The number of rotatable bonds is 5. The molecular formula is C52H33N5. The average Bonchev–Trinajstić information content (AvgIpc) is 3.92. The molecule has 0 aliphatic rings. The van der Waals surface area contributed by atoms with Gasteiger partial charge in [0.2, 0.25) is 0 Å². The van der Waals surface area contributed by atoms with Gasteiger partial charge in [0.15, 0.2) is 5.82 Å². The number of hydrogen-bond donors (Lipinski definition) is 0. The summed E-state index contributed by atoms with van der Waals surface area (Å²) in [4.78, 5) is 10.6. The van der Waals surface area contributed by atoms with E-state index < -0.39 is 0 Å². The summed E-state index contributed by atoms with van der Waals surface area (Å²) in [5.74, 6) is 1.50. The van der Waals surface area contributed by atoms with Gasteiger partial charge >= 0.3 is 0 Å². The first kappa shape index (κ1) is 31.6. The summed E-state index contributed by atoms with van der Waals surface area (Å²) in [7, 11) is 0. The van der Waals surface area contributed by atoms with E-state index in [1.165, 1.54) is 32.6 Å². The second-order valence-electron chi connectivity index (χ2n) is 14.6. The molecule has 12 aromatic rings. The van der Waals surface area contributed by atoms with Gasteiger partial charge in [0.25, 0.3) is 0 Å². The molecule has 0 spiro atoms. The highest BCUT2D eigenvalue weighted by Crippen LogP contribution is 2.43. The first-order valence-corrected chi connectivity index (χ1v) is 19.3. The van der Waals surface area contributed by atoms with Crippen molar-refractivity contribution in [2.24, 2.45) is 0 Å². The van der Waals surface area contributed by atoms with Crippen LogP contribution in [0.2, 0.25) is 0 Å². The lowest BCUT2D eigenvalue weighted by Crippen LogP contribution is -2.03. The number of hydrogen-bond acceptors (Lipinski definition) is 2. The molecule has 4 heterocycles. The standard InChI is InChI=1S/C52H33N5/c1-4-16-34(17-5-1)43-33-49(54-52(53-43)35-18-6-2-7-19-35)57-47-30-28-37(56-44-25-13-10-22-38(44)39-23-11-14-26-45(39)56)32-42(47)40-29-31-48-50(51(40)57)41-24-12-15-27-46(41)55(48)36-20-8-3-9-21-36/h1-33H. The lowest BCUT2D eigenvalue weighted by atomic mass is 10.1. The SMILES string of the molecule is c1ccc(-c2cc(-n3c4ccc(-n5c6ccccc6c6ccccc65)cc4c4ccc5c(c6ccccc6n5-c5ccccc5)c43)nc(-c3ccccc3)n2)cc1. The van der Waals surface area contributed by atoms with Crippen LogP contribution in [0, 0.1) is 0 Å². The Labute approximate surface area is 328 Å². The van der Waals surface area contributed by atoms with Gasteiger partial charge in [-0.05, 0) is 54.6 Å². The van der Waals surface area contributed by atoms with Gasteiger partial charge in [0, 0.05) is 60.9 Å². The van der Waals surface area contributed by atoms with E-state index in [1.54, 1.807) is 0 Å². The molecule has 0 radical (unpaired) electrons. The van der Waals surface area contributed by atoms with Gasteiger partial charge in [-0.2, -0.15) is 0 Å². The minimum Gasteiger partial charge on any atom is -0.309 e. The zero-order chi connectivity index (χ0) is 37.5. The molecule has 0 aliphatic heterocycles. The Balaban J connectivity index is 1.24. The van der Waals surface area contributed by atoms with Crippen LogP contribution in [-0.4, -0.2) is 23.7 Å². The van der Waals surface area contributed by atoms with Crippen molar-refractivity contribution in [2.45, 2.75) is 0 Å². The van der Waals surface area contributed by atoms with Gasteiger partial charge in [-0.1, -0.05) is 140 Å². The van der Waals surface area contributed by atoms with E-state index in [9.17, 15) is 0 Å². The van der Waals surface area contributed by atoms with Gasteiger partial charge in [-0.3, -0.25) is 4.57 Å². The van der Waals surface area contributed by atoms with Crippen molar-refractivity contribution in [1.29, 1.82) is 0 Å². The van der Waals surface area contributed by atoms with Crippen molar-refractivity contribution >= 4 is 65.4 Å². The van der Waals surface area contributed by atoms with Crippen LogP contribution in [0.5, 0.6) is 0 Å². The highest BCUT2D eigenvalue weighted by molar-refractivity contribution is 6.26. The number of nitrogens with zero attached hydrogens (tertiary/aromatic N) is 5. The maximum absolute atomic E-state index is 5.42. The van der Waals surface area contributed by atoms with Crippen LogP contribution in [0.1, 0.15) is 0 Å². The third kappa shape index (κ3) is 4.76. The topological polar surface area (TPSA) is 40.6 Å². The molecule has 0 bridgehead atoms. The molecule has 266 valence electrons. The molecule has 8 aromatic carbocycles. The first-order chi connectivity index (χ1) is 28.3. The second-order valence-corrected chi connectivity index (χ2v) is 14.6. The third-order valence-corrected chi connectivity index (χ3v) is 11.4. The van der Waals surface area contributed by atoms with Crippen LogP contribution >= 0.6 is 0 Å². The molecule has 0 N–H and O–H groups in total. The van der Waals surface area contributed by atoms with Crippen molar-refractivity contribution in [3.63, 3.8) is 0 Å². The van der Waals surface area contributed by atoms with Gasteiger partial charge in [-0.15, -0.1) is 0 Å². The van der Waals surface area contributed by atoms with Gasteiger partial charge in [0.05, 0.1) is 38.8 Å². The predicted molar refractivity (Wildman–Crippen MR) is 236 cm³/mol. The maximum Gasteiger partial charge on any atom is 0.162 e. The largest absolute Gasteiger partial charge is 0.309 e. The van der Waals surface area contributed by atoms with E-state index in [0.29, 0.717) is 5.82 Å². The molecule has 0 unspecified atom stereocenters. The fourth-order valence-electron chi connectivity index (χ4n) is 9.00. The Hall–Kier alpha value is -7.76. The molecule has 57 heavy (non-hydrogen) atoms. The summed E-state index contributed by atoms with van der Waals surface area (Å²) < 4.78 is 7.17. The van der Waals surface area contributed by atoms with E-state index in [1.807, 2.05) is 24.3 Å². The van der Waals surface area contributed by atoms with Crippen LogP contribution in [0.25, 0.3) is 105 Å². The third-order valence-electron chi connectivity index (χ3n) is 11.4. The van der Waals surface area contributed by atoms with E-state index in [0.717, 1.165) is 66.9 Å². The predicted octanol–water partition coefficient (Wildman–Crippen LogP) is 13.1. The Kier molecular flexibility index (Phi) is 6.86. The zero-order valence-electron chi connectivity index (χ0n) is 30.8. The fraction of sp³-hybridized carbons (Fsp3) is 0.